The largest absolute Gasteiger partial charge is 0.389 e. The molecule has 1 amide bonds. The SMILES string of the molecule is C=C1C=C(c2nc(C(=O)NC3CCN(C)CC3)c(N)s2)C=C(C)C1. The second-order valence-corrected chi connectivity index (χ2v) is 7.74. The van der Waals surface area contributed by atoms with E-state index in [1.54, 1.807) is 0 Å². The smallest absolute Gasteiger partial charge is 0.273 e. The third kappa shape index (κ3) is 3.76. The third-order valence-electron chi connectivity index (χ3n) is 4.44. The van der Waals surface area contributed by atoms with Crippen LogP contribution in [0.3, 0.4) is 0 Å². The van der Waals surface area contributed by atoms with E-state index in [9.17, 15) is 4.79 Å². The van der Waals surface area contributed by atoms with Gasteiger partial charge in [0.2, 0.25) is 0 Å². The molecule has 6 heteroatoms. The van der Waals surface area contributed by atoms with Crippen LogP contribution < -0.4 is 11.1 Å². The van der Waals surface area contributed by atoms with Crippen molar-refractivity contribution >= 4 is 27.8 Å². The molecule has 5 nitrogen and oxygen atoms in total. The number of nitrogens with one attached hydrogen (secondary N) is 1. The van der Waals surface area contributed by atoms with E-state index >= 15 is 0 Å². The lowest BCUT2D eigenvalue weighted by molar-refractivity contribution is 0.0913. The first-order chi connectivity index (χ1) is 11.4. The Morgan fingerprint density at radius 1 is 1.42 bits per heavy atom. The number of nitrogen functional groups attached to an aromatic ring is 1. The maximum Gasteiger partial charge on any atom is 0.273 e. The third-order valence-corrected chi connectivity index (χ3v) is 5.37. The fourth-order valence-corrected chi connectivity index (χ4v) is 3.95. The van der Waals surface area contributed by atoms with Gasteiger partial charge in [0.15, 0.2) is 5.69 Å². The van der Waals surface area contributed by atoms with Gasteiger partial charge in [-0.3, -0.25) is 4.79 Å². The van der Waals surface area contributed by atoms with E-state index in [0.29, 0.717) is 10.7 Å². The number of amides is 1. The van der Waals surface area contributed by atoms with E-state index in [1.165, 1.54) is 16.9 Å². The number of carbonyl (C=O) groups excluding carboxylic acids is 1. The van der Waals surface area contributed by atoms with E-state index in [4.69, 9.17) is 5.73 Å². The molecule has 1 aliphatic heterocycles. The number of carbonyl (C=O) groups is 1. The molecule has 0 unspecified atom stereocenters. The van der Waals surface area contributed by atoms with Gasteiger partial charge in [-0.05, 0) is 52.4 Å². The summed E-state index contributed by atoms with van der Waals surface area (Å²) in [5.74, 6) is -0.166. The summed E-state index contributed by atoms with van der Waals surface area (Å²) in [6.07, 6.45) is 6.92. The van der Waals surface area contributed by atoms with Gasteiger partial charge in [0.1, 0.15) is 10.0 Å². The number of anilines is 1. The van der Waals surface area contributed by atoms with Gasteiger partial charge in [-0.1, -0.05) is 35.1 Å². The van der Waals surface area contributed by atoms with Gasteiger partial charge < -0.3 is 16.0 Å². The predicted octanol–water partition coefficient (Wildman–Crippen LogP) is 2.84. The summed E-state index contributed by atoms with van der Waals surface area (Å²) in [5, 5.41) is 4.33. The predicted molar refractivity (Wildman–Crippen MR) is 100 cm³/mol. The van der Waals surface area contributed by atoms with Crippen LogP contribution in [0.2, 0.25) is 0 Å². The molecule has 1 aromatic rings. The normalized spacial score (nSPS) is 19.8. The Balaban J connectivity index is 1.74. The van der Waals surface area contributed by atoms with Crippen molar-refractivity contribution in [1.82, 2.24) is 15.2 Å². The topological polar surface area (TPSA) is 71.2 Å². The molecular formula is C18H24N4OS. The summed E-state index contributed by atoms with van der Waals surface area (Å²) in [7, 11) is 2.10. The molecule has 1 saturated heterocycles. The van der Waals surface area contributed by atoms with Crippen LogP contribution in [0, 0.1) is 0 Å². The molecule has 1 aromatic heterocycles. The molecule has 2 aliphatic rings. The Kier molecular flexibility index (Phi) is 4.87. The second-order valence-electron chi connectivity index (χ2n) is 6.71. The molecule has 2 heterocycles. The van der Waals surface area contributed by atoms with Crippen molar-refractivity contribution in [2.45, 2.75) is 32.2 Å². The molecule has 128 valence electrons. The molecule has 0 radical (unpaired) electrons. The van der Waals surface area contributed by atoms with Crippen LogP contribution in [0.4, 0.5) is 5.00 Å². The molecule has 0 saturated carbocycles. The van der Waals surface area contributed by atoms with Crippen molar-refractivity contribution in [3.05, 3.63) is 40.6 Å². The lowest BCUT2D eigenvalue weighted by atomic mass is 9.97. The number of hydrogen-bond acceptors (Lipinski definition) is 5. The fraction of sp³-hybridized carbons (Fsp3) is 0.444. The quantitative estimate of drug-likeness (QED) is 0.884. The van der Waals surface area contributed by atoms with Crippen LogP contribution in [0.15, 0.2) is 29.9 Å². The van der Waals surface area contributed by atoms with Crippen molar-refractivity contribution in [3.8, 4) is 0 Å². The van der Waals surface area contributed by atoms with Gasteiger partial charge in [-0.25, -0.2) is 4.98 Å². The van der Waals surface area contributed by atoms with Crippen molar-refractivity contribution < 1.29 is 4.79 Å². The molecule has 1 aliphatic carbocycles. The summed E-state index contributed by atoms with van der Waals surface area (Å²) in [6, 6.07) is 0.203. The molecule has 0 aromatic carbocycles. The average molecular weight is 344 g/mol. The van der Waals surface area contributed by atoms with E-state index in [-0.39, 0.29) is 11.9 Å². The summed E-state index contributed by atoms with van der Waals surface area (Å²) < 4.78 is 0. The number of thiazole rings is 1. The first-order valence-electron chi connectivity index (χ1n) is 8.25. The lowest BCUT2D eigenvalue weighted by Gasteiger charge is -2.29. The highest BCUT2D eigenvalue weighted by Gasteiger charge is 2.23. The van der Waals surface area contributed by atoms with Crippen LogP contribution in [-0.4, -0.2) is 42.0 Å². The van der Waals surface area contributed by atoms with E-state index in [0.717, 1.165) is 48.5 Å². The standard InChI is InChI=1S/C18H24N4OS/c1-11-8-12(2)10-13(9-11)18-21-15(16(19)24-18)17(23)20-14-4-6-22(3)7-5-14/h9-10,14H,1,4-8,19H2,2-3H3,(H,20,23). The van der Waals surface area contributed by atoms with Gasteiger partial charge in [-0.15, -0.1) is 0 Å². The summed E-state index contributed by atoms with van der Waals surface area (Å²) in [5.41, 5.74) is 9.68. The number of nitrogens with two attached hydrogens (primary N) is 1. The minimum Gasteiger partial charge on any atom is -0.389 e. The van der Waals surface area contributed by atoms with Crippen LogP contribution in [0.1, 0.15) is 41.7 Å². The number of allylic oxidation sites excluding steroid dienone is 5. The minimum absolute atomic E-state index is 0.166. The van der Waals surface area contributed by atoms with Gasteiger partial charge in [-0.2, -0.15) is 0 Å². The van der Waals surface area contributed by atoms with Gasteiger partial charge in [0.25, 0.3) is 5.91 Å². The molecule has 24 heavy (non-hydrogen) atoms. The Morgan fingerprint density at radius 2 is 2.12 bits per heavy atom. The van der Waals surface area contributed by atoms with E-state index < -0.39 is 0 Å². The number of aromatic nitrogens is 1. The molecule has 0 bridgehead atoms. The van der Waals surface area contributed by atoms with Crippen LogP contribution in [0.5, 0.6) is 0 Å². The number of nitrogens with zero attached hydrogens (tertiary/aromatic N) is 2. The molecular weight excluding hydrogens is 320 g/mol. The zero-order chi connectivity index (χ0) is 17.3. The molecule has 3 N–H and O–H groups in total. The first kappa shape index (κ1) is 16.9. The van der Waals surface area contributed by atoms with Gasteiger partial charge >= 0.3 is 0 Å². The zero-order valence-corrected chi connectivity index (χ0v) is 15.1. The van der Waals surface area contributed by atoms with Crippen molar-refractivity contribution in [3.63, 3.8) is 0 Å². The average Bonchev–Trinajstić information content (AvgIpc) is 2.91. The Hall–Kier alpha value is -1.92. The lowest BCUT2D eigenvalue weighted by Crippen LogP contribution is -2.43. The molecule has 1 fully saturated rings. The fourth-order valence-electron chi connectivity index (χ4n) is 3.14. The van der Waals surface area contributed by atoms with Gasteiger partial charge in [0.05, 0.1) is 0 Å². The van der Waals surface area contributed by atoms with E-state index in [1.807, 2.05) is 6.08 Å². The molecule has 0 atom stereocenters. The minimum atomic E-state index is -0.166. The van der Waals surface area contributed by atoms with Crippen molar-refractivity contribution in [1.29, 1.82) is 0 Å². The second kappa shape index (κ2) is 6.91. The highest BCUT2D eigenvalue weighted by Crippen LogP contribution is 2.32. The van der Waals surface area contributed by atoms with Crippen LogP contribution in [-0.2, 0) is 0 Å². The monoisotopic (exact) mass is 344 g/mol. The van der Waals surface area contributed by atoms with Crippen molar-refractivity contribution in [2.24, 2.45) is 0 Å². The maximum absolute atomic E-state index is 12.5. The summed E-state index contributed by atoms with van der Waals surface area (Å²) >= 11 is 1.36. The molecule has 0 spiro atoms. The van der Waals surface area contributed by atoms with E-state index in [2.05, 4.69) is 41.8 Å². The number of rotatable bonds is 3. The first-order valence-corrected chi connectivity index (χ1v) is 9.06. The van der Waals surface area contributed by atoms with Crippen LogP contribution in [0.25, 0.3) is 5.57 Å². The maximum atomic E-state index is 12.5. The Morgan fingerprint density at radius 3 is 2.79 bits per heavy atom. The highest BCUT2D eigenvalue weighted by atomic mass is 32.1. The molecule has 3 rings (SSSR count). The highest BCUT2D eigenvalue weighted by molar-refractivity contribution is 7.17. The summed E-state index contributed by atoms with van der Waals surface area (Å²) in [6.45, 7) is 8.11. The van der Waals surface area contributed by atoms with Crippen LogP contribution >= 0.6 is 11.3 Å². The van der Waals surface area contributed by atoms with Crippen molar-refractivity contribution in [2.75, 3.05) is 25.9 Å². The Labute approximate surface area is 146 Å². The number of piperidine rings is 1. The van der Waals surface area contributed by atoms with Gasteiger partial charge in [0, 0.05) is 11.6 Å². The number of likely N-dealkylation sites (tertiary alicyclic amines) is 1. The zero-order valence-electron chi connectivity index (χ0n) is 14.3. The Bertz CT molecular complexity index is 723. The summed E-state index contributed by atoms with van der Waals surface area (Å²) in [4.78, 5) is 19.3. The number of hydrogen-bond donors (Lipinski definition) is 2.